The van der Waals surface area contributed by atoms with Crippen LogP contribution in [0.2, 0.25) is 0 Å². The molecule has 0 bridgehead atoms. The SMILES string of the molecule is N#Cc1cc(I)c2ccsc2c1O. The first-order valence-electron chi connectivity index (χ1n) is 3.53. The summed E-state index contributed by atoms with van der Waals surface area (Å²) in [4.78, 5) is 0. The van der Waals surface area contributed by atoms with E-state index < -0.39 is 0 Å². The first-order chi connectivity index (χ1) is 6.24. The Kier molecular flexibility index (Phi) is 2.14. The van der Waals surface area contributed by atoms with Crippen LogP contribution < -0.4 is 0 Å². The highest BCUT2D eigenvalue weighted by Gasteiger charge is 2.10. The van der Waals surface area contributed by atoms with Gasteiger partial charge in [-0.05, 0) is 40.1 Å². The Balaban J connectivity index is 2.95. The second-order valence-corrected chi connectivity index (χ2v) is 4.61. The molecule has 0 amide bonds. The van der Waals surface area contributed by atoms with Crippen molar-refractivity contribution in [2.75, 3.05) is 0 Å². The number of nitrogens with zero attached hydrogens (tertiary/aromatic N) is 1. The fourth-order valence-electron chi connectivity index (χ4n) is 1.16. The van der Waals surface area contributed by atoms with Gasteiger partial charge in [0.2, 0.25) is 0 Å². The lowest BCUT2D eigenvalue weighted by Gasteiger charge is -1.99. The van der Waals surface area contributed by atoms with E-state index in [-0.39, 0.29) is 5.75 Å². The fourth-order valence-corrected chi connectivity index (χ4v) is 2.97. The van der Waals surface area contributed by atoms with Gasteiger partial charge in [0.25, 0.3) is 0 Å². The number of hydrogen-bond donors (Lipinski definition) is 1. The monoisotopic (exact) mass is 301 g/mol. The van der Waals surface area contributed by atoms with Crippen LogP contribution in [0.15, 0.2) is 17.5 Å². The van der Waals surface area contributed by atoms with Crippen LogP contribution in [0.4, 0.5) is 0 Å². The van der Waals surface area contributed by atoms with Crippen molar-refractivity contribution < 1.29 is 5.11 Å². The molecule has 0 radical (unpaired) electrons. The highest BCUT2D eigenvalue weighted by molar-refractivity contribution is 14.1. The fraction of sp³-hybridized carbons (Fsp3) is 0. The Hall–Kier alpha value is -0.800. The molecule has 4 heteroatoms. The van der Waals surface area contributed by atoms with Crippen molar-refractivity contribution in [1.29, 1.82) is 5.26 Å². The van der Waals surface area contributed by atoms with Crippen molar-refractivity contribution in [3.05, 3.63) is 26.6 Å². The van der Waals surface area contributed by atoms with Gasteiger partial charge in [-0.1, -0.05) is 0 Å². The smallest absolute Gasteiger partial charge is 0.151 e. The Morgan fingerprint density at radius 2 is 2.31 bits per heavy atom. The van der Waals surface area contributed by atoms with Crippen LogP contribution in [0.5, 0.6) is 5.75 Å². The van der Waals surface area contributed by atoms with Gasteiger partial charge in [-0.3, -0.25) is 0 Å². The van der Waals surface area contributed by atoms with E-state index in [0.717, 1.165) is 13.7 Å². The van der Waals surface area contributed by atoms with Gasteiger partial charge in [0, 0.05) is 8.96 Å². The molecule has 2 nitrogen and oxygen atoms in total. The first kappa shape index (κ1) is 8.78. The highest BCUT2D eigenvalue weighted by atomic mass is 127. The molecule has 13 heavy (non-hydrogen) atoms. The van der Waals surface area contributed by atoms with Crippen LogP contribution in [0.25, 0.3) is 10.1 Å². The summed E-state index contributed by atoms with van der Waals surface area (Å²) < 4.78 is 1.80. The zero-order valence-electron chi connectivity index (χ0n) is 6.41. The minimum atomic E-state index is 0.105. The van der Waals surface area contributed by atoms with Gasteiger partial charge in [-0.25, -0.2) is 0 Å². The molecule has 1 aromatic carbocycles. The largest absolute Gasteiger partial charge is 0.505 e. The van der Waals surface area contributed by atoms with Gasteiger partial charge in [0.1, 0.15) is 6.07 Å². The molecule has 0 aliphatic heterocycles. The third-order valence-electron chi connectivity index (χ3n) is 1.78. The van der Waals surface area contributed by atoms with E-state index >= 15 is 0 Å². The molecular formula is C9H4INOS. The average molecular weight is 301 g/mol. The molecule has 0 saturated carbocycles. The summed E-state index contributed by atoms with van der Waals surface area (Å²) >= 11 is 3.62. The highest BCUT2D eigenvalue weighted by Crippen LogP contribution is 2.35. The van der Waals surface area contributed by atoms with Crippen LogP contribution in [0.3, 0.4) is 0 Å². The number of rotatable bonds is 0. The van der Waals surface area contributed by atoms with Crippen LogP contribution in [0, 0.1) is 14.9 Å². The lowest BCUT2D eigenvalue weighted by Crippen LogP contribution is -1.80. The van der Waals surface area contributed by atoms with Crippen molar-refractivity contribution in [1.82, 2.24) is 0 Å². The van der Waals surface area contributed by atoms with Crippen LogP contribution in [-0.2, 0) is 0 Å². The maximum atomic E-state index is 9.65. The number of phenolic OH excluding ortho intramolecular Hbond substituents is 1. The van der Waals surface area contributed by atoms with E-state index in [1.807, 2.05) is 17.5 Å². The van der Waals surface area contributed by atoms with Gasteiger partial charge in [-0.15, -0.1) is 11.3 Å². The molecule has 0 unspecified atom stereocenters. The molecule has 2 aromatic rings. The molecule has 0 atom stereocenters. The maximum absolute atomic E-state index is 9.65. The molecule has 0 aliphatic carbocycles. The topological polar surface area (TPSA) is 44.0 Å². The molecule has 0 saturated heterocycles. The second-order valence-electron chi connectivity index (χ2n) is 2.53. The standard InChI is InChI=1S/C9H4INOS/c10-7-3-5(4-11)8(12)9-6(7)1-2-13-9/h1-3,12H. The molecule has 0 aliphatic rings. The van der Waals surface area contributed by atoms with Crippen LogP contribution >= 0.6 is 33.9 Å². The zero-order valence-corrected chi connectivity index (χ0v) is 9.39. The molecule has 1 aromatic heterocycles. The predicted octanol–water partition coefficient (Wildman–Crippen LogP) is 3.08. The van der Waals surface area contributed by atoms with Gasteiger partial charge in [-0.2, -0.15) is 5.26 Å². The summed E-state index contributed by atoms with van der Waals surface area (Å²) in [5.74, 6) is 0.105. The summed E-state index contributed by atoms with van der Waals surface area (Å²) in [7, 11) is 0. The number of thiophene rings is 1. The Labute approximate surface area is 92.6 Å². The van der Waals surface area contributed by atoms with Crippen molar-refractivity contribution in [2.24, 2.45) is 0 Å². The minimum absolute atomic E-state index is 0.105. The molecule has 1 heterocycles. The summed E-state index contributed by atoms with van der Waals surface area (Å²) in [6.07, 6.45) is 0. The lowest BCUT2D eigenvalue weighted by molar-refractivity contribution is 0.481. The van der Waals surface area contributed by atoms with Crippen molar-refractivity contribution in [3.63, 3.8) is 0 Å². The van der Waals surface area contributed by atoms with Gasteiger partial charge in [0.05, 0.1) is 10.3 Å². The van der Waals surface area contributed by atoms with E-state index in [1.54, 1.807) is 6.07 Å². The Bertz CT molecular complexity index is 512. The van der Waals surface area contributed by atoms with Crippen molar-refractivity contribution >= 4 is 44.0 Å². The van der Waals surface area contributed by atoms with Gasteiger partial charge in [0.15, 0.2) is 5.75 Å². The van der Waals surface area contributed by atoms with Crippen LogP contribution in [0.1, 0.15) is 5.56 Å². The van der Waals surface area contributed by atoms with Crippen LogP contribution in [-0.4, -0.2) is 5.11 Å². The summed E-state index contributed by atoms with van der Waals surface area (Å²) in [5.41, 5.74) is 0.347. The Morgan fingerprint density at radius 3 is 3.00 bits per heavy atom. The summed E-state index contributed by atoms with van der Waals surface area (Å²) in [6.45, 7) is 0. The quantitative estimate of drug-likeness (QED) is 0.760. The Morgan fingerprint density at radius 1 is 1.54 bits per heavy atom. The molecular weight excluding hydrogens is 297 g/mol. The molecule has 1 N–H and O–H groups in total. The third-order valence-corrected chi connectivity index (χ3v) is 3.60. The first-order valence-corrected chi connectivity index (χ1v) is 5.48. The summed E-state index contributed by atoms with van der Waals surface area (Å²) in [6, 6.07) is 5.62. The van der Waals surface area contributed by atoms with E-state index in [2.05, 4.69) is 22.6 Å². The van der Waals surface area contributed by atoms with E-state index in [9.17, 15) is 5.11 Å². The minimum Gasteiger partial charge on any atom is -0.505 e. The van der Waals surface area contributed by atoms with Crippen molar-refractivity contribution in [2.45, 2.75) is 0 Å². The van der Waals surface area contributed by atoms with Gasteiger partial charge >= 0.3 is 0 Å². The number of hydrogen-bond acceptors (Lipinski definition) is 3. The number of halogens is 1. The molecule has 64 valence electrons. The number of benzene rings is 1. The van der Waals surface area contributed by atoms with E-state index in [4.69, 9.17) is 5.26 Å². The number of nitriles is 1. The number of phenols is 1. The van der Waals surface area contributed by atoms with Crippen molar-refractivity contribution in [3.8, 4) is 11.8 Å². The molecule has 0 spiro atoms. The second kappa shape index (κ2) is 3.16. The number of fused-ring (bicyclic) bond motifs is 1. The third kappa shape index (κ3) is 1.28. The lowest BCUT2D eigenvalue weighted by atomic mass is 10.2. The number of aromatic hydroxyl groups is 1. The average Bonchev–Trinajstić information content (AvgIpc) is 2.60. The van der Waals surface area contributed by atoms with E-state index in [1.165, 1.54) is 11.3 Å². The normalized spacial score (nSPS) is 10.2. The molecule has 0 fully saturated rings. The van der Waals surface area contributed by atoms with E-state index in [0.29, 0.717) is 5.56 Å². The molecule has 2 rings (SSSR count). The summed E-state index contributed by atoms with van der Waals surface area (Å²) in [5, 5.41) is 21.3. The predicted molar refractivity (Wildman–Crippen MR) is 60.9 cm³/mol. The maximum Gasteiger partial charge on any atom is 0.151 e. The zero-order chi connectivity index (χ0) is 9.42. The van der Waals surface area contributed by atoms with Gasteiger partial charge < -0.3 is 5.11 Å².